The van der Waals surface area contributed by atoms with E-state index in [-0.39, 0.29) is 24.5 Å². The van der Waals surface area contributed by atoms with E-state index in [1.165, 1.54) is 16.7 Å². The number of amides is 1. The van der Waals surface area contributed by atoms with Crippen LogP contribution in [0.4, 0.5) is 0 Å². The van der Waals surface area contributed by atoms with Gasteiger partial charge in [0.05, 0.1) is 12.5 Å². The lowest BCUT2D eigenvalue weighted by atomic mass is 9.98. The molecule has 0 aliphatic carbocycles. The van der Waals surface area contributed by atoms with Crippen LogP contribution in [-0.4, -0.2) is 23.7 Å². The van der Waals surface area contributed by atoms with Crippen LogP contribution in [0.1, 0.15) is 12.0 Å². The van der Waals surface area contributed by atoms with Crippen molar-refractivity contribution in [1.29, 1.82) is 0 Å². The second-order valence-electron chi connectivity index (χ2n) is 5.59. The van der Waals surface area contributed by atoms with Crippen LogP contribution in [-0.2, 0) is 11.2 Å². The highest BCUT2D eigenvalue weighted by Crippen LogP contribution is 2.22. The number of carbonyl (C=O) groups excluding carboxylic acids is 1. The Balaban J connectivity index is 1.67. The van der Waals surface area contributed by atoms with Crippen molar-refractivity contribution in [1.82, 2.24) is 5.32 Å². The third kappa shape index (κ3) is 3.14. The number of rotatable bonds is 4. The topological polar surface area (TPSA) is 49.3 Å². The van der Waals surface area contributed by atoms with Gasteiger partial charge in [-0.25, -0.2) is 0 Å². The fourth-order valence-electron chi connectivity index (χ4n) is 2.87. The largest absolute Gasteiger partial charge is 0.396 e. The Labute approximate surface area is 124 Å². The van der Waals surface area contributed by atoms with E-state index >= 15 is 0 Å². The van der Waals surface area contributed by atoms with Gasteiger partial charge in [-0.15, -0.1) is 0 Å². The standard InChI is InChI=1S/C18H19NO2/c20-12-16-11-17(19-18(16)21)10-13-6-8-15(9-7-13)14-4-2-1-3-5-14/h1-9,16-17,20H,10-12H2,(H,19,21)/t16?,17-/m1/s1. The maximum atomic E-state index is 11.6. The van der Waals surface area contributed by atoms with Crippen LogP contribution in [0.15, 0.2) is 54.6 Å². The summed E-state index contributed by atoms with van der Waals surface area (Å²) in [6.07, 6.45) is 1.53. The molecule has 0 saturated carbocycles. The summed E-state index contributed by atoms with van der Waals surface area (Å²) in [4.78, 5) is 11.6. The molecule has 0 aromatic heterocycles. The van der Waals surface area contributed by atoms with Crippen LogP contribution >= 0.6 is 0 Å². The molecule has 1 unspecified atom stereocenters. The van der Waals surface area contributed by atoms with Gasteiger partial charge in [0.25, 0.3) is 0 Å². The molecular formula is C18H19NO2. The molecule has 2 N–H and O–H groups in total. The molecular weight excluding hydrogens is 262 g/mol. The van der Waals surface area contributed by atoms with Gasteiger partial charge < -0.3 is 10.4 Å². The molecule has 0 bridgehead atoms. The number of benzene rings is 2. The highest BCUT2D eigenvalue weighted by atomic mass is 16.3. The number of aliphatic hydroxyl groups excluding tert-OH is 1. The molecule has 2 atom stereocenters. The fraction of sp³-hybridized carbons (Fsp3) is 0.278. The number of hydrogen-bond donors (Lipinski definition) is 2. The van der Waals surface area contributed by atoms with E-state index < -0.39 is 0 Å². The van der Waals surface area contributed by atoms with Gasteiger partial charge in [-0.3, -0.25) is 4.79 Å². The summed E-state index contributed by atoms with van der Waals surface area (Å²) in [7, 11) is 0. The zero-order valence-electron chi connectivity index (χ0n) is 11.8. The Morgan fingerprint density at radius 1 is 1.00 bits per heavy atom. The molecule has 1 saturated heterocycles. The van der Waals surface area contributed by atoms with Crippen molar-refractivity contribution in [2.24, 2.45) is 5.92 Å². The molecule has 0 radical (unpaired) electrons. The van der Waals surface area contributed by atoms with Crippen LogP contribution in [0.2, 0.25) is 0 Å². The highest BCUT2D eigenvalue weighted by Gasteiger charge is 2.30. The van der Waals surface area contributed by atoms with E-state index in [2.05, 4.69) is 41.7 Å². The average Bonchev–Trinajstić information content (AvgIpc) is 2.88. The van der Waals surface area contributed by atoms with Gasteiger partial charge in [-0.1, -0.05) is 54.6 Å². The average molecular weight is 281 g/mol. The first-order chi connectivity index (χ1) is 10.3. The second kappa shape index (κ2) is 6.10. The number of aliphatic hydroxyl groups is 1. The summed E-state index contributed by atoms with van der Waals surface area (Å²) in [6, 6.07) is 18.9. The first-order valence-electron chi connectivity index (χ1n) is 7.32. The summed E-state index contributed by atoms with van der Waals surface area (Å²) in [5.41, 5.74) is 3.61. The van der Waals surface area contributed by atoms with Gasteiger partial charge in [0, 0.05) is 6.04 Å². The summed E-state index contributed by atoms with van der Waals surface area (Å²) >= 11 is 0. The van der Waals surface area contributed by atoms with Crippen LogP contribution in [0, 0.1) is 5.92 Å². The molecule has 1 aliphatic rings. The minimum absolute atomic E-state index is 0.0246. The smallest absolute Gasteiger partial charge is 0.225 e. The van der Waals surface area contributed by atoms with Crippen molar-refractivity contribution in [2.75, 3.05) is 6.61 Å². The first kappa shape index (κ1) is 13.8. The molecule has 2 aromatic carbocycles. The minimum Gasteiger partial charge on any atom is -0.396 e. The van der Waals surface area contributed by atoms with Crippen molar-refractivity contribution >= 4 is 5.91 Å². The second-order valence-corrected chi connectivity index (χ2v) is 5.59. The van der Waals surface area contributed by atoms with Gasteiger partial charge in [0.1, 0.15) is 0 Å². The van der Waals surface area contributed by atoms with Gasteiger partial charge >= 0.3 is 0 Å². The molecule has 3 nitrogen and oxygen atoms in total. The van der Waals surface area contributed by atoms with Crippen LogP contribution in [0.25, 0.3) is 11.1 Å². The zero-order chi connectivity index (χ0) is 14.7. The Bertz CT molecular complexity index is 607. The van der Waals surface area contributed by atoms with E-state index in [4.69, 9.17) is 5.11 Å². The van der Waals surface area contributed by atoms with Crippen LogP contribution in [0.3, 0.4) is 0 Å². The third-order valence-corrected chi connectivity index (χ3v) is 4.05. The summed E-state index contributed by atoms with van der Waals surface area (Å²) in [5, 5.41) is 12.1. The predicted molar refractivity (Wildman–Crippen MR) is 82.7 cm³/mol. The quantitative estimate of drug-likeness (QED) is 0.904. The van der Waals surface area contributed by atoms with E-state index in [1.807, 2.05) is 18.2 Å². The zero-order valence-corrected chi connectivity index (χ0v) is 11.8. The normalized spacial score (nSPS) is 21.3. The molecule has 2 aromatic rings. The molecule has 108 valence electrons. The fourth-order valence-corrected chi connectivity index (χ4v) is 2.87. The summed E-state index contributed by atoms with van der Waals surface area (Å²) in [6.45, 7) is -0.0602. The van der Waals surface area contributed by atoms with Gasteiger partial charge in [-0.05, 0) is 29.5 Å². The van der Waals surface area contributed by atoms with Crippen molar-refractivity contribution in [3.8, 4) is 11.1 Å². The lowest BCUT2D eigenvalue weighted by molar-refractivity contribution is -0.123. The van der Waals surface area contributed by atoms with Crippen molar-refractivity contribution in [3.63, 3.8) is 0 Å². The molecule has 3 rings (SSSR count). The Morgan fingerprint density at radius 3 is 2.29 bits per heavy atom. The van der Waals surface area contributed by atoms with Gasteiger partial charge in [0.2, 0.25) is 5.91 Å². The summed E-state index contributed by atoms with van der Waals surface area (Å²) < 4.78 is 0. The van der Waals surface area contributed by atoms with E-state index in [0.29, 0.717) is 0 Å². The van der Waals surface area contributed by atoms with Crippen LogP contribution in [0.5, 0.6) is 0 Å². The number of nitrogens with one attached hydrogen (secondary N) is 1. The van der Waals surface area contributed by atoms with Crippen LogP contribution < -0.4 is 5.32 Å². The third-order valence-electron chi connectivity index (χ3n) is 4.05. The SMILES string of the molecule is O=C1N[C@H](Cc2ccc(-c3ccccc3)cc2)CC1CO. The Kier molecular flexibility index (Phi) is 4.02. The lowest BCUT2D eigenvalue weighted by Crippen LogP contribution is -2.28. The monoisotopic (exact) mass is 281 g/mol. The molecule has 21 heavy (non-hydrogen) atoms. The summed E-state index contributed by atoms with van der Waals surface area (Å²) in [5.74, 6) is -0.262. The molecule has 1 aliphatic heterocycles. The van der Waals surface area contributed by atoms with Crippen molar-refractivity contribution < 1.29 is 9.90 Å². The van der Waals surface area contributed by atoms with Gasteiger partial charge in [-0.2, -0.15) is 0 Å². The maximum absolute atomic E-state index is 11.6. The van der Waals surface area contributed by atoms with E-state index in [0.717, 1.165) is 12.8 Å². The predicted octanol–water partition coefficient (Wildman–Crippen LogP) is 2.39. The Morgan fingerprint density at radius 2 is 1.67 bits per heavy atom. The van der Waals surface area contributed by atoms with E-state index in [1.54, 1.807) is 0 Å². The highest BCUT2D eigenvalue weighted by molar-refractivity contribution is 5.81. The first-order valence-corrected chi connectivity index (χ1v) is 7.32. The lowest BCUT2D eigenvalue weighted by Gasteiger charge is -2.10. The number of carbonyl (C=O) groups is 1. The van der Waals surface area contributed by atoms with Crippen molar-refractivity contribution in [3.05, 3.63) is 60.2 Å². The van der Waals surface area contributed by atoms with E-state index in [9.17, 15) is 4.79 Å². The minimum atomic E-state index is -0.237. The molecule has 0 spiro atoms. The molecule has 1 fully saturated rings. The van der Waals surface area contributed by atoms with Gasteiger partial charge in [0.15, 0.2) is 0 Å². The van der Waals surface area contributed by atoms with Crippen molar-refractivity contribution in [2.45, 2.75) is 18.9 Å². The Hall–Kier alpha value is -2.13. The molecule has 3 heteroatoms. The number of hydrogen-bond acceptors (Lipinski definition) is 2. The molecule has 1 amide bonds. The molecule has 1 heterocycles. The maximum Gasteiger partial charge on any atom is 0.225 e.